The van der Waals surface area contributed by atoms with E-state index in [1.165, 1.54) is 0 Å². The average molecular weight is 143 g/mol. The Morgan fingerprint density at radius 2 is 2.00 bits per heavy atom. The van der Waals surface area contributed by atoms with E-state index in [4.69, 9.17) is 0 Å². The molecule has 0 aromatic rings. The molecular formula is C8H17NO. The second kappa shape index (κ2) is 5.42. The van der Waals surface area contributed by atoms with Gasteiger partial charge in [0.2, 0.25) is 0 Å². The van der Waals surface area contributed by atoms with Gasteiger partial charge in [0.1, 0.15) is 5.78 Å². The summed E-state index contributed by atoms with van der Waals surface area (Å²) in [6, 6.07) is 0. The maximum absolute atomic E-state index is 10.8. The van der Waals surface area contributed by atoms with E-state index in [0.29, 0.717) is 18.6 Å². The lowest BCUT2D eigenvalue weighted by Crippen LogP contribution is -2.20. The molecule has 0 amide bonds. The van der Waals surface area contributed by atoms with Gasteiger partial charge in [-0.3, -0.25) is 4.79 Å². The Morgan fingerprint density at radius 1 is 1.40 bits per heavy atom. The Bertz CT molecular complexity index is 101. The number of carbonyl (C=O) groups excluding carboxylic acids is 1. The smallest absolute Gasteiger partial charge is 0.133 e. The van der Waals surface area contributed by atoms with Gasteiger partial charge in [0, 0.05) is 19.4 Å². The van der Waals surface area contributed by atoms with E-state index >= 15 is 0 Å². The van der Waals surface area contributed by atoms with Crippen molar-refractivity contribution in [3.8, 4) is 0 Å². The maximum Gasteiger partial charge on any atom is 0.133 e. The van der Waals surface area contributed by atoms with Gasteiger partial charge in [0.25, 0.3) is 0 Å². The first-order valence-corrected chi connectivity index (χ1v) is 3.91. The monoisotopic (exact) mass is 143 g/mol. The van der Waals surface area contributed by atoms with Crippen molar-refractivity contribution in [3.63, 3.8) is 0 Å². The van der Waals surface area contributed by atoms with Crippen molar-refractivity contribution in [2.45, 2.75) is 26.7 Å². The number of hydrogen-bond acceptors (Lipinski definition) is 2. The van der Waals surface area contributed by atoms with Crippen molar-refractivity contribution >= 4 is 5.78 Å². The van der Waals surface area contributed by atoms with Crippen LogP contribution >= 0.6 is 0 Å². The Balaban J connectivity index is 3.26. The Kier molecular flexibility index (Phi) is 5.22. The van der Waals surface area contributed by atoms with Crippen molar-refractivity contribution in [2.24, 2.45) is 0 Å². The van der Waals surface area contributed by atoms with E-state index in [1.54, 1.807) is 0 Å². The highest BCUT2D eigenvalue weighted by atomic mass is 16.1. The number of hydrogen-bond donors (Lipinski definition) is 0. The molecule has 2 nitrogen and oxygen atoms in total. The molecule has 0 bridgehead atoms. The largest absolute Gasteiger partial charge is 0.306 e. The van der Waals surface area contributed by atoms with Crippen LogP contribution in [0.3, 0.4) is 0 Å². The summed E-state index contributed by atoms with van der Waals surface area (Å²) >= 11 is 0. The van der Waals surface area contributed by atoms with Crippen LogP contribution in [0.4, 0.5) is 0 Å². The van der Waals surface area contributed by atoms with Gasteiger partial charge in [0.05, 0.1) is 0 Å². The van der Waals surface area contributed by atoms with E-state index in [0.717, 1.165) is 13.1 Å². The zero-order chi connectivity index (χ0) is 7.98. The molecule has 0 spiro atoms. The van der Waals surface area contributed by atoms with E-state index in [9.17, 15) is 4.79 Å². The molecule has 0 saturated heterocycles. The summed E-state index contributed by atoms with van der Waals surface area (Å²) in [5, 5.41) is 0. The second-order valence-electron chi connectivity index (χ2n) is 2.54. The zero-order valence-corrected chi connectivity index (χ0v) is 7.18. The first-order valence-electron chi connectivity index (χ1n) is 3.91. The molecule has 0 aromatic heterocycles. The normalized spacial score (nSPS) is 10.4. The highest BCUT2D eigenvalue weighted by molar-refractivity contribution is 5.78. The molecule has 0 heterocycles. The van der Waals surface area contributed by atoms with E-state index < -0.39 is 0 Å². The summed E-state index contributed by atoms with van der Waals surface area (Å²) in [5.41, 5.74) is 0. The summed E-state index contributed by atoms with van der Waals surface area (Å²) in [5.74, 6) is 0.361. The molecule has 0 atom stereocenters. The number of carbonyl (C=O) groups is 1. The lowest BCUT2D eigenvalue weighted by atomic mass is 10.2. The molecule has 0 aliphatic carbocycles. The second-order valence-corrected chi connectivity index (χ2v) is 2.54. The highest BCUT2D eigenvalue weighted by Gasteiger charge is 1.99. The maximum atomic E-state index is 10.8. The van der Waals surface area contributed by atoms with Gasteiger partial charge in [-0.05, 0) is 13.6 Å². The van der Waals surface area contributed by atoms with Crippen molar-refractivity contribution < 1.29 is 4.79 Å². The molecule has 2 heteroatoms. The molecule has 10 heavy (non-hydrogen) atoms. The fourth-order valence-electron chi connectivity index (χ4n) is 0.650. The first-order chi connectivity index (χ1) is 4.70. The molecule has 0 saturated carbocycles. The van der Waals surface area contributed by atoms with Crippen LogP contribution in [0.1, 0.15) is 26.7 Å². The van der Waals surface area contributed by atoms with Gasteiger partial charge in [-0.25, -0.2) is 0 Å². The molecule has 60 valence electrons. The lowest BCUT2D eigenvalue weighted by Gasteiger charge is -2.11. The molecule has 0 N–H and O–H groups in total. The third kappa shape index (κ3) is 4.50. The predicted octanol–water partition coefficient (Wildman–Crippen LogP) is 1.31. The van der Waals surface area contributed by atoms with Crippen LogP contribution in [0, 0.1) is 0 Å². The SMILES string of the molecule is CCC(=O)CCN(C)CC. The summed E-state index contributed by atoms with van der Waals surface area (Å²) in [6.45, 7) is 5.94. The number of Topliss-reactive ketones (excluding diaryl/α,β-unsaturated/α-hetero) is 1. The van der Waals surface area contributed by atoms with Crippen molar-refractivity contribution in [1.82, 2.24) is 4.90 Å². The number of ketones is 1. The van der Waals surface area contributed by atoms with Crippen LogP contribution in [-0.4, -0.2) is 30.8 Å². The lowest BCUT2D eigenvalue weighted by molar-refractivity contribution is -0.119. The zero-order valence-electron chi connectivity index (χ0n) is 7.18. The van der Waals surface area contributed by atoms with Gasteiger partial charge in [0.15, 0.2) is 0 Å². The Hall–Kier alpha value is -0.370. The first kappa shape index (κ1) is 9.63. The molecule has 0 unspecified atom stereocenters. The molecule has 0 fully saturated rings. The van der Waals surface area contributed by atoms with Crippen LogP contribution in [-0.2, 0) is 4.79 Å². The summed E-state index contributed by atoms with van der Waals surface area (Å²) in [7, 11) is 2.03. The Morgan fingerprint density at radius 3 is 2.40 bits per heavy atom. The molecular weight excluding hydrogens is 126 g/mol. The predicted molar refractivity (Wildman–Crippen MR) is 43.1 cm³/mol. The summed E-state index contributed by atoms with van der Waals surface area (Å²) in [6.07, 6.45) is 1.39. The molecule has 0 aromatic carbocycles. The number of nitrogens with zero attached hydrogens (tertiary/aromatic N) is 1. The Labute approximate surface area is 63.2 Å². The summed E-state index contributed by atoms with van der Waals surface area (Å²) in [4.78, 5) is 13.0. The van der Waals surface area contributed by atoms with Gasteiger partial charge >= 0.3 is 0 Å². The highest BCUT2D eigenvalue weighted by Crippen LogP contribution is 1.91. The average Bonchev–Trinajstić information content (AvgIpc) is 1.99. The molecule has 0 radical (unpaired) electrons. The molecule has 0 aliphatic heterocycles. The fraction of sp³-hybridized carbons (Fsp3) is 0.875. The molecule has 0 rings (SSSR count). The van der Waals surface area contributed by atoms with Gasteiger partial charge < -0.3 is 4.90 Å². The third-order valence-electron chi connectivity index (χ3n) is 1.71. The van der Waals surface area contributed by atoms with Crippen molar-refractivity contribution in [2.75, 3.05) is 20.1 Å². The fourth-order valence-corrected chi connectivity index (χ4v) is 0.650. The van der Waals surface area contributed by atoms with Crippen LogP contribution < -0.4 is 0 Å². The van der Waals surface area contributed by atoms with Crippen LogP contribution in [0.15, 0.2) is 0 Å². The number of rotatable bonds is 5. The minimum absolute atomic E-state index is 0.361. The third-order valence-corrected chi connectivity index (χ3v) is 1.71. The van der Waals surface area contributed by atoms with Crippen LogP contribution in [0.25, 0.3) is 0 Å². The minimum atomic E-state index is 0.361. The van der Waals surface area contributed by atoms with Crippen LogP contribution in [0.2, 0.25) is 0 Å². The van der Waals surface area contributed by atoms with Crippen LogP contribution in [0.5, 0.6) is 0 Å². The van der Waals surface area contributed by atoms with E-state index in [-0.39, 0.29) is 0 Å². The minimum Gasteiger partial charge on any atom is -0.306 e. The van der Waals surface area contributed by atoms with Crippen molar-refractivity contribution in [1.29, 1.82) is 0 Å². The standard InChI is InChI=1S/C8H17NO/c1-4-8(10)6-7-9(3)5-2/h4-7H2,1-3H3. The van der Waals surface area contributed by atoms with Gasteiger partial charge in [-0.2, -0.15) is 0 Å². The summed E-state index contributed by atoms with van der Waals surface area (Å²) < 4.78 is 0. The van der Waals surface area contributed by atoms with Gasteiger partial charge in [-0.15, -0.1) is 0 Å². The topological polar surface area (TPSA) is 20.3 Å². The van der Waals surface area contributed by atoms with Crippen molar-refractivity contribution in [3.05, 3.63) is 0 Å². The quantitative estimate of drug-likeness (QED) is 0.578. The van der Waals surface area contributed by atoms with Gasteiger partial charge in [-0.1, -0.05) is 13.8 Å². The molecule has 0 aliphatic rings. The van der Waals surface area contributed by atoms with E-state index in [1.807, 2.05) is 14.0 Å². The van der Waals surface area contributed by atoms with E-state index in [2.05, 4.69) is 11.8 Å².